The number of ether oxygens (including phenoxy) is 1. The number of amides is 1. The molecule has 0 fully saturated rings. The summed E-state index contributed by atoms with van der Waals surface area (Å²) in [7, 11) is 4.04. The van der Waals surface area contributed by atoms with Gasteiger partial charge >= 0.3 is 0 Å². The molecule has 0 saturated carbocycles. The lowest BCUT2D eigenvalue weighted by molar-refractivity contribution is -0.117. The molecular weight excluding hydrogens is 280 g/mol. The molecule has 0 bridgehead atoms. The number of benzene rings is 1. The highest BCUT2D eigenvalue weighted by Crippen LogP contribution is 2.34. The predicted octanol–water partition coefficient (Wildman–Crippen LogP) is 1.56. The first-order chi connectivity index (χ1) is 10.6. The standard InChI is InChI=1S/C16H20N4O2/c1-19(2)7-8-20-10-12(9-17-20)18-16(21)14-11-22-15-6-4-3-5-13(14)15/h3-6,9-10,14H,7-8,11H2,1-2H3,(H,18,21). The molecule has 1 aromatic carbocycles. The summed E-state index contributed by atoms with van der Waals surface area (Å²) in [6.07, 6.45) is 3.53. The molecule has 2 heterocycles. The second-order valence-corrected chi connectivity index (χ2v) is 5.69. The fourth-order valence-corrected chi connectivity index (χ4v) is 2.46. The van der Waals surface area contributed by atoms with Crippen LogP contribution >= 0.6 is 0 Å². The second-order valence-electron chi connectivity index (χ2n) is 5.69. The van der Waals surface area contributed by atoms with Gasteiger partial charge in [-0.1, -0.05) is 18.2 Å². The normalized spacial score (nSPS) is 16.4. The summed E-state index contributed by atoms with van der Waals surface area (Å²) in [5.41, 5.74) is 1.66. The first-order valence-electron chi connectivity index (χ1n) is 7.33. The van der Waals surface area contributed by atoms with Crippen LogP contribution < -0.4 is 10.1 Å². The Bertz CT molecular complexity index is 666. The van der Waals surface area contributed by atoms with Crippen molar-refractivity contribution in [2.24, 2.45) is 0 Å². The van der Waals surface area contributed by atoms with Crippen molar-refractivity contribution in [3.63, 3.8) is 0 Å². The summed E-state index contributed by atoms with van der Waals surface area (Å²) in [5.74, 6) is 0.475. The number of likely N-dealkylation sites (N-methyl/N-ethyl adjacent to an activating group) is 1. The van der Waals surface area contributed by atoms with Gasteiger partial charge in [-0.2, -0.15) is 5.10 Å². The van der Waals surface area contributed by atoms with E-state index in [1.807, 2.05) is 49.2 Å². The SMILES string of the molecule is CN(C)CCn1cc(NC(=O)C2COc3ccccc32)cn1. The topological polar surface area (TPSA) is 59.4 Å². The first-order valence-corrected chi connectivity index (χ1v) is 7.33. The number of hydrogen-bond donors (Lipinski definition) is 1. The summed E-state index contributed by atoms with van der Waals surface area (Å²) in [4.78, 5) is 14.5. The molecule has 0 radical (unpaired) electrons. The summed E-state index contributed by atoms with van der Waals surface area (Å²) in [5, 5.41) is 7.17. The van der Waals surface area contributed by atoms with Gasteiger partial charge < -0.3 is 15.0 Å². The number of aromatic nitrogens is 2. The maximum Gasteiger partial charge on any atom is 0.235 e. The fraction of sp³-hybridized carbons (Fsp3) is 0.375. The quantitative estimate of drug-likeness (QED) is 0.910. The first kappa shape index (κ1) is 14.6. The maximum atomic E-state index is 12.4. The van der Waals surface area contributed by atoms with Crippen LogP contribution in [0.2, 0.25) is 0 Å². The van der Waals surface area contributed by atoms with Gasteiger partial charge in [0.05, 0.1) is 18.4 Å². The largest absolute Gasteiger partial charge is 0.492 e. The van der Waals surface area contributed by atoms with E-state index < -0.39 is 0 Å². The number of para-hydroxylation sites is 1. The van der Waals surface area contributed by atoms with E-state index in [1.165, 1.54) is 0 Å². The Balaban J connectivity index is 1.63. The highest BCUT2D eigenvalue weighted by atomic mass is 16.5. The molecule has 1 N–H and O–H groups in total. The summed E-state index contributed by atoms with van der Waals surface area (Å²) in [6.45, 7) is 2.08. The average Bonchev–Trinajstić information content (AvgIpc) is 3.11. The summed E-state index contributed by atoms with van der Waals surface area (Å²) < 4.78 is 7.38. The molecule has 1 atom stereocenters. The second kappa shape index (κ2) is 6.19. The number of anilines is 1. The number of nitrogens with zero attached hydrogens (tertiary/aromatic N) is 3. The Morgan fingerprint density at radius 1 is 1.45 bits per heavy atom. The van der Waals surface area contributed by atoms with E-state index in [2.05, 4.69) is 15.3 Å². The van der Waals surface area contributed by atoms with Gasteiger partial charge in [0.25, 0.3) is 0 Å². The monoisotopic (exact) mass is 300 g/mol. The van der Waals surface area contributed by atoms with Crippen LogP contribution in [0.5, 0.6) is 5.75 Å². The van der Waals surface area contributed by atoms with Crippen molar-refractivity contribution >= 4 is 11.6 Å². The van der Waals surface area contributed by atoms with Crippen LogP contribution in [0.1, 0.15) is 11.5 Å². The van der Waals surface area contributed by atoms with Crippen molar-refractivity contribution in [3.05, 3.63) is 42.2 Å². The van der Waals surface area contributed by atoms with E-state index in [9.17, 15) is 4.79 Å². The van der Waals surface area contributed by atoms with Crippen molar-refractivity contribution in [2.45, 2.75) is 12.5 Å². The predicted molar refractivity (Wildman–Crippen MR) is 84.1 cm³/mol. The zero-order valence-electron chi connectivity index (χ0n) is 12.8. The third kappa shape index (κ3) is 3.12. The minimum absolute atomic E-state index is 0.0582. The molecule has 1 aliphatic rings. The molecule has 1 aromatic heterocycles. The van der Waals surface area contributed by atoms with Crippen LogP contribution in [0.25, 0.3) is 0 Å². The van der Waals surface area contributed by atoms with E-state index in [0.29, 0.717) is 12.3 Å². The Hall–Kier alpha value is -2.34. The van der Waals surface area contributed by atoms with Gasteiger partial charge in [-0.05, 0) is 20.2 Å². The molecule has 3 rings (SSSR count). The van der Waals surface area contributed by atoms with Crippen molar-refractivity contribution in [3.8, 4) is 5.75 Å². The maximum absolute atomic E-state index is 12.4. The Labute approximate surface area is 129 Å². The van der Waals surface area contributed by atoms with Gasteiger partial charge in [0.1, 0.15) is 18.3 Å². The number of carbonyl (C=O) groups is 1. The van der Waals surface area contributed by atoms with Crippen LogP contribution in [-0.4, -0.2) is 47.8 Å². The fourth-order valence-electron chi connectivity index (χ4n) is 2.46. The Morgan fingerprint density at radius 2 is 2.27 bits per heavy atom. The number of nitrogens with one attached hydrogen (secondary N) is 1. The zero-order valence-corrected chi connectivity index (χ0v) is 12.8. The van der Waals surface area contributed by atoms with Crippen LogP contribution in [0.15, 0.2) is 36.7 Å². The zero-order chi connectivity index (χ0) is 15.5. The number of hydrogen-bond acceptors (Lipinski definition) is 4. The van der Waals surface area contributed by atoms with Crippen molar-refractivity contribution < 1.29 is 9.53 Å². The lowest BCUT2D eigenvalue weighted by atomic mass is 10.0. The Kier molecular flexibility index (Phi) is 4.11. The van der Waals surface area contributed by atoms with E-state index >= 15 is 0 Å². The third-order valence-corrected chi connectivity index (χ3v) is 3.69. The number of fused-ring (bicyclic) bond motifs is 1. The lowest BCUT2D eigenvalue weighted by Gasteiger charge is -2.09. The third-order valence-electron chi connectivity index (χ3n) is 3.69. The molecule has 6 nitrogen and oxygen atoms in total. The molecular formula is C16H20N4O2. The highest BCUT2D eigenvalue weighted by Gasteiger charge is 2.30. The lowest BCUT2D eigenvalue weighted by Crippen LogP contribution is -2.22. The van der Waals surface area contributed by atoms with E-state index in [1.54, 1.807) is 6.20 Å². The molecule has 116 valence electrons. The molecule has 6 heteroatoms. The van der Waals surface area contributed by atoms with Crippen LogP contribution in [0, 0.1) is 0 Å². The molecule has 1 amide bonds. The van der Waals surface area contributed by atoms with Crippen LogP contribution in [-0.2, 0) is 11.3 Å². The number of carbonyl (C=O) groups excluding carboxylic acids is 1. The highest BCUT2D eigenvalue weighted by molar-refractivity contribution is 5.96. The van der Waals surface area contributed by atoms with Crippen molar-refractivity contribution in [2.75, 3.05) is 32.6 Å². The molecule has 0 spiro atoms. The van der Waals surface area contributed by atoms with Crippen molar-refractivity contribution in [1.82, 2.24) is 14.7 Å². The molecule has 1 unspecified atom stereocenters. The van der Waals surface area contributed by atoms with Gasteiger partial charge in [0.2, 0.25) is 5.91 Å². The Morgan fingerprint density at radius 3 is 3.09 bits per heavy atom. The van der Waals surface area contributed by atoms with Crippen LogP contribution in [0.4, 0.5) is 5.69 Å². The van der Waals surface area contributed by atoms with Gasteiger partial charge in [0.15, 0.2) is 0 Å². The minimum atomic E-state index is -0.263. The summed E-state index contributed by atoms with van der Waals surface area (Å²) in [6, 6.07) is 7.66. The average molecular weight is 300 g/mol. The van der Waals surface area contributed by atoms with E-state index in [4.69, 9.17) is 4.74 Å². The van der Waals surface area contributed by atoms with E-state index in [-0.39, 0.29) is 11.8 Å². The van der Waals surface area contributed by atoms with Crippen LogP contribution in [0.3, 0.4) is 0 Å². The van der Waals surface area contributed by atoms with Gasteiger partial charge in [-0.15, -0.1) is 0 Å². The molecule has 2 aromatic rings. The molecule has 0 aliphatic carbocycles. The van der Waals surface area contributed by atoms with Gasteiger partial charge in [0, 0.05) is 18.3 Å². The molecule has 1 aliphatic heterocycles. The molecule has 22 heavy (non-hydrogen) atoms. The minimum Gasteiger partial charge on any atom is -0.492 e. The smallest absolute Gasteiger partial charge is 0.235 e. The van der Waals surface area contributed by atoms with E-state index in [0.717, 1.165) is 24.4 Å². The van der Waals surface area contributed by atoms with Crippen molar-refractivity contribution in [1.29, 1.82) is 0 Å². The van der Waals surface area contributed by atoms with Gasteiger partial charge in [-0.3, -0.25) is 9.48 Å². The summed E-state index contributed by atoms with van der Waals surface area (Å²) >= 11 is 0. The number of rotatable bonds is 5. The molecule has 0 saturated heterocycles. The van der Waals surface area contributed by atoms with Gasteiger partial charge in [-0.25, -0.2) is 0 Å².